The summed E-state index contributed by atoms with van der Waals surface area (Å²) < 4.78 is 5.30. The van der Waals surface area contributed by atoms with Crippen LogP contribution in [-0.2, 0) is 4.74 Å². The van der Waals surface area contributed by atoms with Gasteiger partial charge in [-0.05, 0) is 6.07 Å². The van der Waals surface area contributed by atoms with Gasteiger partial charge in [-0.25, -0.2) is 0 Å². The predicted octanol–water partition coefficient (Wildman–Crippen LogP) is 0.0553. The van der Waals surface area contributed by atoms with E-state index in [-0.39, 0.29) is 22.5 Å². The molecule has 0 saturated carbocycles. The molecule has 1 aromatic rings. The Kier molecular flexibility index (Phi) is 5.87. The second-order valence-corrected chi connectivity index (χ2v) is 5.29. The van der Waals surface area contributed by atoms with Crippen LogP contribution < -0.4 is 10.2 Å². The van der Waals surface area contributed by atoms with Crippen molar-refractivity contribution in [2.75, 3.05) is 44.7 Å². The van der Waals surface area contributed by atoms with E-state index in [1.165, 1.54) is 11.0 Å². The molecule has 1 aliphatic heterocycles. The van der Waals surface area contributed by atoms with Gasteiger partial charge < -0.3 is 15.0 Å². The summed E-state index contributed by atoms with van der Waals surface area (Å²) in [6.07, 6.45) is 0.856. The molecule has 0 aliphatic carbocycles. The molecule has 0 spiro atoms. The number of nitro benzene ring substituents is 1. The topological polar surface area (TPSA) is 116 Å². The Morgan fingerprint density at radius 3 is 2.52 bits per heavy atom. The molecule has 23 heavy (non-hydrogen) atoms. The highest BCUT2D eigenvalue weighted by molar-refractivity contribution is 5.68. The largest absolute Gasteiger partial charge is 0.379 e. The zero-order valence-corrected chi connectivity index (χ0v) is 12.7. The number of anilines is 1. The van der Waals surface area contributed by atoms with Gasteiger partial charge in [-0.15, -0.1) is 0 Å². The molecule has 0 bridgehead atoms. The van der Waals surface area contributed by atoms with Crippen molar-refractivity contribution in [3.8, 4) is 12.1 Å². The van der Waals surface area contributed by atoms with E-state index < -0.39 is 4.92 Å². The minimum Gasteiger partial charge on any atom is -0.379 e. The number of benzene rings is 1. The van der Waals surface area contributed by atoms with Gasteiger partial charge in [-0.1, -0.05) is 0 Å². The predicted molar refractivity (Wildman–Crippen MR) is 82.0 cm³/mol. The van der Waals surface area contributed by atoms with Gasteiger partial charge in [0.25, 0.3) is 5.69 Å². The number of rotatable bonds is 6. The Balaban J connectivity index is 1.99. The molecule has 1 heterocycles. The molecule has 2 rings (SSSR count). The molecule has 8 heteroatoms. The molecule has 1 aromatic carbocycles. The number of nitriles is 2. The van der Waals surface area contributed by atoms with Crippen LogP contribution in [0.15, 0.2) is 12.1 Å². The fourth-order valence-electron chi connectivity index (χ4n) is 2.54. The zero-order valence-electron chi connectivity index (χ0n) is 12.7. The van der Waals surface area contributed by atoms with Gasteiger partial charge in [-0.3, -0.25) is 10.1 Å². The Morgan fingerprint density at radius 1 is 1.26 bits per heavy atom. The monoisotopic (exact) mass is 316 g/mol. The van der Waals surface area contributed by atoms with Crippen molar-refractivity contribution in [1.29, 1.82) is 10.5 Å². The Hall–Kier alpha value is -2.68. The number of hydrogen-bond acceptors (Lipinski definition) is 6. The molecule has 120 valence electrons. The van der Waals surface area contributed by atoms with E-state index >= 15 is 0 Å². The van der Waals surface area contributed by atoms with Crippen LogP contribution in [0.4, 0.5) is 11.4 Å². The summed E-state index contributed by atoms with van der Waals surface area (Å²) in [6.45, 7) is 5.05. The van der Waals surface area contributed by atoms with Gasteiger partial charge in [0.2, 0.25) is 0 Å². The lowest BCUT2D eigenvalue weighted by atomic mass is 10.1. The van der Waals surface area contributed by atoms with Crippen molar-refractivity contribution < 1.29 is 14.6 Å². The van der Waals surface area contributed by atoms with E-state index in [1.54, 1.807) is 0 Å². The summed E-state index contributed by atoms with van der Waals surface area (Å²) in [5.41, 5.74) is 0.253. The maximum Gasteiger partial charge on any atom is 0.293 e. The van der Waals surface area contributed by atoms with Gasteiger partial charge >= 0.3 is 0 Å². The zero-order chi connectivity index (χ0) is 16.7. The molecule has 0 unspecified atom stereocenters. The number of quaternary nitrogens is 1. The van der Waals surface area contributed by atoms with Crippen molar-refractivity contribution in [3.63, 3.8) is 0 Å². The van der Waals surface area contributed by atoms with E-state index in [9.17, 15) is 10.1 Å². The highest BCUT2D eigenvalue weighted by atomic mass is 16.6. The van der Waals surface area contributed by atoms with Crippen LogP contribution in [0.3, 0.4) is 0 Å². The molecule has 0 aromatic heterocycles. The van der Waals surface area contributed by atoms with Gasteiger partial charge in [-0.2, -0.15) is 10.5 Å². The lowest BCUT2D eigenvalue weighted by Crippen LogP contribution is -3.14. The third-order valence-corrected chi connectivity index (χ3v) is 3.80. The first-order chi connectivity index (χ1) is 11.2. The third-order valence-electron chi connectivity index (χ3n) is 3.80. The van der Waals surface area contributed by atoms with Crippen molar-refractivity contribution >= 4 is 11.4 Å². The normalized spacial score (nSPS) is 14.7. The first-order valence-corrected chi connectivity index (χ1v) is 7.43. The van der Waals surface area contributed by atoms with E-state index in [0.29, 0.717) is 6.54 Å². The van der Waals surface area contributed by atoms with Crippen LogP contribution in [0.1, 0.15) is 17.5 Å². The first-order valence-electron chi connectivity index (χ1n) is 7.43. The van der Waals surface area contributed by atoms with Crippen LogP contribution in [0.2, 0.25) is 0 Å². The van der Waals surface area contributed by atoms with Gasteiger partial charge in [0, 0.05) is 19.0 Å². The van der Waals surface area contributed by atoms with E-state index in [4.69, 9.17) is 15.3 Å². The van der Waals surface area contributed by atoms with E-state index in [0.717, 1.165) is 45.3 Å². The van der Waals surface area contributed by atoms with Crippen molar-refractivity contribution in [3.05, 3.63) is 33.4 Å². The fraction of sp³-hybridized carbons (Fsp3) is 0.467. The summed E-state index contributed by atoms with van der Waals surface area (Å²) in [6, 6.07) is 6.22. The second-order valence-electron chi connectivity index (χ2n) is 5.29. The second kappa shape index (κ2) is 8.08. The highest BCUT2D eigenvalue weighted by Crippen LogP contribution is 2.27. The molecule has 1 saturated heterocycles. The standard InChI is InChI=1S/C15H17N5O3/c16-10-12-8-14(15(20(21)22)9-13(12)11-17)18-2-1-3-19-4-6-23-7-5-19/h8-9,18H,1-7H2/p+1. The van der Waals surface area contributed by atoms with Crippen LogP contribution in [0, 0.1) is 32.8 Å². The number of morpholine rings is 1. The number of hydrogen-bond donors (Lipinski definition) is 2. The van der Waals surface area contributed by atoms with E-state index in [1.807, 2.05) is 12.1 Å². The average molecular weight is 316 g/mol. The number of ether oxygens (including phenoxy) is 1. The number of nitro groups is 1. The minimum atomic E-state index is -0.544. The highest BCUT2D eigenvalue weighted by Gasteiger charge is 2.18. The van der Waals surface area contributed by atoms with Crippen LogP contribution in [0.25, 0.3) is 0 Å². The first kappa shape index (κ1) is 16.7. The summed E-state index contributed by atoms with van der Waals surface area (Å²) >= 11 is 0. The average Bonchev–Trinajstić information content (AvgIpc) is 2.58. The SMILES string of the molecule is N#Cc1cc(NCCC[NH+]2CCOCC2)c([N+](=O)[O-])cc1C#N. The van der Waals surface area contributed by atoms with Gasteiger partial charge in [0.15, 0.2) is 0 Å². The summed E-state index contributed by atoms with van der Waals surface area (Å²) in [7, 11) is 0. The number of nitrogens with zero attached hydrogens (tertiary/aromatic N) is 3. The van der Waals surface area contributed by atoms with E-state index in [2.05, 4.69) is 5.32 Å². The van der Waals surface area contributed by atoms with Crippen molar-refractivity contribution in [1.82, 2.24) is 0 Å². The maximum atomic E-state index is 11.1. The Bertz CT molecular complexity index is 656. The fourth-order valence-corrected chi connectivity index (χ4v) is 2.54. The van der Waals surface area contributed by atoms with Gasteiger partial charge in [0.1, 0.15) is 30.9 Å². The maximum absolute atomic E-state index is 11.1. The molecule has 2 N–H and O–H groups in total. The Morgan fingerprint density at radius 2 is 1.91 bits per heavy atom. The van der Waals surface area contributed by atoms with Crippen LogP contribution in [-0.4, -0.2) is 44.3 Å². The van der Waals surface area contributed by atoms with Crippen LogP contribution >= 0.6 is 0 Å². The lowest BCUT2D eigenvalue weighted by Gasteiger charge is -2.23. The molecule has 1 aliphatic rings. The summed E-state index contributed by atoms with van der Waals surface area (Å²) in [4.78, 5) is 12.0. The van der Waals surface area contributed by atoms with Crippen molar-refractivity contribution in [2.45, 2.75) is 6.42 Å². The molecular formula is C15H18N5O3+. The smallest absolute Gasteiger partial charge is 0.293 e. The molecule has 8 nitrogen and oxygen atoms in total. The van der Waals surface area contributed by atoms with Gasteiger partial charge in [0.05, 0.1) is 35.8 Å². The van der Waals surface area contributed by atoms with Crippen molar-refractivity contribution in [2.24, 2.45) is 0 Å². The molecule has 0 atom stereocenters. The van der Waals surface area contributed by atoms with Crippen LogP contribution in [0.5, 0.6) is 0 Å². The third kappa shape index (κ3) is 4.39. The molecule has 0 amide bonds. The molecule has 1 fully saturated rings. The summed E-state index contributed by atoms with van der Waals surface area (Å²) in [5, 5.41) is 32.1. The summed E-state index contributed by atoms with van der Waals surface area (Å²) in [5.74, 6) is 0. The molecular weight excluding hydrogens is 298 g/mol. The quantitative estimate of drug-likeness (QED) is 0.435. The minimum absolute atomic E-state index is 0.0162. The molecule has 0 radical (unpaired) electrons. The Labute approximate surface area is 134 Å². The lowest BCUT2D eigenvalue weighted by molar-refractivity contribution is -0.908. The number of nitrogens with one attached hydrogen (secondary N) is 2.